The van der Waals surface area contributed by atoms with E-state index < -0.39 is 4.92 Å². The number of nitrogens with zero attached hydrogens (tertiary/aromatic N) is 3. The molecule has 0 spiro atoms. The van der Waals surface area contributed by atoms with E-state index in [2.05, 4.69) is 15.5 Å². The molecule has 3 aromatic rings. The molecule has 0 saturated heterocycles. The molecule has 0 saturated carbocycles. The lowest BCUT2D eigenvalue weighted by Crippen LogP contribution is -2.00. The summed E-state index contributed by atoms with van der Waals surface area (Å²) in [6, 6.07) is 11.6. The molecule has 6 nitrogen and oxygen atoms in total. The van der Waals surface area contributed by atoms with Crippen molar-refractivity contribution in [1.29, 1.82) is 0 Å². The Hall–Kier alpha value is -2.48. The molecule has 0 atom stereocenters. The smallest absolute Gasteiger partial charge is 0.258 e. The zero-order valence-electron chi connectivity index (χ0n) is 13.4. The van der Waals surface area contributed by atoms with E-state index in [0.29, 0.717) is 26.5 Å². The molecular formula is C17H12Cl2N4O2S. The van der Waals surface area contributed by atoms with Crippen LogP contribution in [0.15, 0.2) is 52.9 Å². The third-order valence-electron chi connectivity index (χ3n) is 3.51. The highest BCUT2D eigenvalue weighted by Crippen LogP contribution is 2.30. The SMILES string of the molecule is C/C(=N\Nc1nc(-c2ccc(Cl)c(Cl)c2)cs1)c1cccc([N+](=O)[O-])c1. The normalized spacial score (nSPS) is 11.4. The van der Waals surface area contributed by atoms with Crippen LogP contribution >= 0.6 is 34.5 Å². The number of anilines is 1. The molecule has 0 aliphatic rings. The minimum absolute atomic E-state index is 0.0215. The van der Waals surface area contributed by atoms with Crippen molar-refractivity contribution in [2.24, 2.45) is 5.10 Å². The lowest BCUT2D eigenvalue weighted by atomic mass is 10.1. The molecule has 2 aromatic carbocycles. The van der Waals surface area contributed by atoms with Crippen molar-refractivity contribution < 1.29 is 4.92 Å². The van der Waals surface area contributed by atoms with Crippen molar-refractivity contribution in [3.05, 3.63) is 73.6 Å². The first-order chi connectivity index (χ1) is 12.4. The molecule has 1 aromatic heterocycles. The first-order valence-electron chi connectivity index (χ1n) is 7.40. The van der Waals surface area contributed by atoms with Gasteiger partial charge in [-0.05, 0) is 19.1 Å². The van der Waals surface area contributed by atoms with Crippen LogP contribution in [0.2, 0.25) is 10.0 Å². The van der Waals surface area contributed by atoms with E-state index in [9.17, 15) is 10.1 Å². The van der Waals surface area contributed by atoms with Gasteiger partial charge in [0.1, 0.15) is 0 Å². The van der Waals surface area contributed by atoms with Gasteiger partial charge < -0.3 is 0 Å². The number of non-ortho nitro benzene ring substituents is 1. The molecule has 132 valence electrons. The largest absolute Gasteiger partial charge is 0.270 e. The Morgan fingerprint density at radius 1 is 1.23 bits per heavy atom. The molecule has 0 aliphatic carbocycles. The van der Waals surface area contributed by atoms with Gasteiger partial charge in [-0.15, -0.1) is 11.3 Å². The maximum atomic E-state index is 10.9. The van der Waals surface area contributed by atoms with Crippen LogP contribution in [0.5, 0.6) is 0 Å². The fourth-order valence-electron chi connectivity index (χ4n) is 2.15. The molecule has 0 radical (unpaired) electrons. The summed E-state index contributed by atoms with van der Waals surface area (Å²) in [5.41, 5.74) is 5.77. The quantitative estimate of drug-likeness (QED) is 0.326. The molecule has 0 fully saturated rings. The Morgan fingerprint density at radius 3 is 2.77 bits per heavy atom. The summed E-state index contributed by atoms with van der Waals surface area (Å²) in [5, 5.41) is 18.5. The van der Waals surface area contributed by atoms with Crippen molar-refractivity contribution in [2.45, 2.75) is 6.92 Å². The van der Waals surface area contributed by atoms with E-state index in [4.69, 9.17) is 23.2 Å². The van der Waals surface area contributed by atoms with Gasteiger partial charge in [-0.1, -0.05) is 41.4 Å². The average Bonchev–Trinajstić information content (AvgIpc) is 3.11. The summed E-state index contributed by atoms with van der Waals surface area (Å²) in [6.07, 6.45) is 0. The Balaban J connectivity index is 1.76. The van der Waals surface area contributed by atoms with Crippen molar-refractivity contribution >= 4 is 51.1 Å². The molecule has 26 heavy (non-hydrogen) atoms. The van der Waals surface area contributed by atoms with Crippen LogP contribution < -0.4 is 5.43 Å². The molecule has 1 heterocycles. The standard InChI is InChI=1S/C17H12Cl2N4O2S/c1-10(11-3-2-4-13(7-11)23(24)25)21-22-17-20-16(9-26-17)12-5-6-14(18)15(19)8-12/h2-9H,1H3,(H,20,22)/b21-10+. The van der Waals surface area contributed by atoms with Crippen molar-refractivity contribution in [1.82, 2.24) is 4.98 Å². The predicted octanol–water partition coefficient (Wildman–Crippen LogP) is 5.86. The molecule has 0 unspecified atom stereocenters. The van der Waals surface area contributed by atoms with Gasteiger partial charge in [-0.3, -0.25) is 15.5 Å². The third-order valence-corrected chi connectivity index (χ3v) is 5.00. The van der Waals surface area contributed by atoms with Gasteiger partial charge in [0.25, 0.3) is 5.69 Å². The summed E-state index contributed by atoms with van der Waals surface area (Å²) in [5.74, 6) is 0. The summed E-state index contributed by atoms with van der Waals surface area (Å²) in [7, 11) is 0. The Bertz CT molecular complexity index is 1000. The van der Waals surface area contributed by atoms with E-state index in [-0.39, 0.29) is 5.69 Å². The number of rotatable bonds is 5. The second-order valence-electron chi connectivity index (χ2n) is 5.28. The van der Waals surface area contributed by atoms with Gasteiger partial charge in [0.2, 0.25) is 5.13 Å². The highest BCUT2D eigenvalue weighted by atomic mass is 35.5. The fourth-order valence-corrected chi connectivity index (χ4v) is 3.11. The minimum atomic E-state index is -0.436. The van der Waals surface area contributed by atoms with Gasteiger partial charge >= 0.3 is 0 Å². The van der Waals surface area contributed by atoms with Crippen molar-refractivity contribution in [3.8, 4) is 11.3 Å². The van der Waals surface area contributed by atoms with Crippen molar-refractivity contribution in [3.63, 3.8) is 0 Å². The first-order valence-corrected chi connectivity index (χ1v) is 9.03. The highest BCUT2D eigenvalue weighted by molar-refractivity contribution is 7.14. The van der Waals surface area contributed by atoms with E-state index in [1.807, 2.05) is 11.4 Å². The van der Waals surface area contributed by atoms with Gasteiger partial charge in [0.15, 0.2) is 0 Å². The Kier molecular flexibility index (Phi) is 5.51. The lowest BCUT2D eigenvalue weighted by Gasteiger charge is -2.02. The second kappa shape index (κ2) is 7.82. The number of nitrogens with one attached hydrogen (secondary N) is 1. The number of halogens is 2. The number of aromatic nitrogens is 1. The molecule has 0 amide bonds. The average molecular weight is 407 g/mol. The number of nitro groups is 1. The topological polar surface area (TPSA) is 80.4 Å². The van der Waals surface area contributed by atoms with Crippen LogP contribution in [-0.2, 0) is 0 Å². The maximum Gasteiger partial charge on any atom is 0.270 e. The van der Waals surface area contributed by atoms with Gasteiger partial charge in [-0.25, -0.2) is 4.98 Å². The van der Waals surface area contributed by atoms with Gasteiger partial charge in [0, 0.05) is 28.6 Å². The number of nitro benzene ring substituents is 1. The fraction of sp³-hybridized carbons (Fsp3) is 0.0588. The van der Waals surface area contributed by atoms with E-state index in [1.165, 1.54) is 23.5 Å². The molecule has 0 bridgehead atoms. The summed E-state index contributed by atoms with van der Waals surface area (Å²) in [6.45, 7) is 1.76. The van der Waals surface area contributed by atoms with Crippen LogP contribution in [0, 0.1) is 10.1 Å². The highest BCUT2D eigenvalue weighted by Gasteiger charge is 2.09. The van der Waals surface area contributed by atoms with Gasteiger partial charge in [-0.2, -0.15) is 5.10 Å². The Labute approximate surface area is 163 Å². The van der Waals surface area contributed by atoms with E-state index in [0.717, 1.165) is 11.3 Å². The third kappa shape index (κ3) is 4.19. The number of hydrogen-bond donors (Lipinski definition) is 1. The van der Waals surface area contributed by atoms with E-state index in [1.54, 1.807) is 31.2 Å². The number of benzene rings is 2. The maximum absolute atomic E-state index is 10.9. The second-order valence-corrected chi connectivity index (χ2v) is 6.96. The molecule has 0 aliphatic heterocycles. The monoisotopic (exact) mass is 406 g/mol. The minimum Gasteiger partial charge on any atom is -0.258 e. The number of hydrogen-bond acceptors (Lipinski definition) is 6. The first kappa shape index (κ1) is 18.3. The predicted molar refractivity (Wildman–Crippen MR) is 107 cm³/mol. The molecular weight excluding hydrogens is 395 g/mol. The van der Waals surface area contributed by atoms with Crippen LogP contribution in [0.4, 0.5) is 10.8 Å². The molecule has 9 heteroatoms. The van der Waals surface area contributed by atoms with Crippen LogP contribution in [0.1, 0.15) is 12.5 Å². The summed E-state index contributed by atoms with van der Waals surface area (Å²) >= 11 is 13.3. The number of hydrazone groups is 1. The van der Waals surface area contributed by atoms with Gasteiger partial charge in [0.05, 0.1) is 26.4 Å². The Morgan fingerprint density at radius 2 is 2.04 bits per heavy atom. The zero-order valence-corrected chi connectivity index (χ0v) is 15.8. The lowest BCUT2D eigenvalue weighted by molar-refractivity contribution is -0.384. The summed E-state index contributed by atoms with van der Waals surface area (Å²) < 4.78 is 0. The van der Waals surface area contributed by atoms with E-state index >= 15 is 0 Å². The van der Waals surface area contributed by atoms with Crippen LogP contribution in [-0.4, -0.2) is 15.6 Å². The zero-order chi connectivity index (χ0) is 18.7. The molecule has 3 rings (SSSR count). The number of thiazole rings is 1. The van der Waals surface area contributed by atoms with Crippen molar-refractivity contribution in [2.75, 3.05) is 5.43 Å². The summed E-state index contributed by atoms with van der Waals surface area (Å²) in [4.78, 5) is 14.9. The van der Waals surface area contributed by atoms with Crippen LogP contribution in [0.25, 0.3) is 11.3 Å². The molecule has 1 N–H and O–H groups in total. The van der Waals surface area contributed by atoms with Crippen LogP contribution in [0.3, 0.4) is 0 Å².